The van der Waals surface area contributed by atoms with Gasteiger partial charge >= 0.3 is 6.03 Å². The molecule has 0 radical (unpaired) electrons. The van der Waals surface area contributed by atoms with Gasteiger partial charge in [-0.2, -0.15) is 0 Å². The summed E-state index contributed by atoms with van der Waals surface area (Å²) < 4.78 is 10.7. The highest BCUT2D eigenvalue weighted by atomic mass is 16.5. The molecule has 0 atom stereocenters. The predicted molar refractivity (Wildman–Crippen MR) is 137 cm³/mol. The number of fused-ring (bicyclic) bond motifs is 1. The average Bonchev–Trinajstić information content (AvgIpc) is 3.57. The molecule has 1 fully saturated rings. The summed E-state index contributed by atoms with van der Waals surface area (Å²) in [6.07, 6.45) is 5.17. The minimum absolute atomic E-state index is 0.249. The zero-order valence-electron chi connectivity index (χ0n) is 19.3. The van der Waals surface area contributed by atoms with E-state index in [4.69, 9.17) is 9.26 Å². The van der Waals surface area contributed by atoms with E-state index in [-0.39, 0.29) is 5.88 Å². The summed E-state index contributed by atoms with van der Waals surface area (Å²) in [5, 5.41) is 10.5. The number of carbonyl (C=O) groups is 1. The van der Waals surface area contributed by atoms with E-state index in [1.807, 2.05) is 48.7 Å². The second-order valence-corrected chi connectivity index (χ2v) is 8.35. The van der Waals surface area contributed by atoms with Crippen LogP contribution in [0.25, 0.3) is 33.4 Å². The first-order valence-corrected chi connectivity index (χ1v) is 11.6. The lowest BCUT2D eigenvalue weighted by Gasteiger charge is -2.28. The summed E-state index contributed by atoms with van der Waals surface area (Å²) in [5.74, 6) is 1.21. The largest absolute Gasteiger partial charge is 0.378 e. The van der Waals surface area contributed by atoms with Crippen molar-refractivity contribution < 1.29 is 14.1 Å². The lowest BCUT2D eigenvalue weighted by atomic mass is 10.1. The molecule has 5 heterocycles. The van der Waals surface area contributed by atoms with Crippen LogP contribution in [0.3, 0.4) is 0 Å². The minimum atomic E-state index is -0.424. The van der Waals surface area contributed by atoms with Gasteiger partial charge in [0.25, 0.3) is 0 Å². The van der Waals surface area contributed by atoms with Crippen molar-refractivity contribution in [2.75, 3.05) is 41.8 Å². The van der Waals surface area contributed by atoms with Crippen LogP contribution in [0.2, 0.25) is 0 Å². The van der Waals surface area contributed by atoms with Crippen molar-refractivity contribution in [3.8, 4) is 22.5 Å². The van der Waals surface area contributed by atoms with Crippen LogP contribution < -0.4 is 15.5 Å². The van der Waals surface area contributed by atoms with Crippen molar-refractivity contribution in [3.05, 3.63) is 73.2 Å². The topological polar surface area (TPSA) is 121 Å². The molecule has 3 N–H and O–H groups in total. The number of aromatic amines is 1. The Morgan fingerprint density at radius 3 is 2.53 bits per heavy atom. The quantitative estimate of drug-likeness (QED) is 0.331. The van der Waals surface area contributed by atoms with E-state index in [0.29, 0.717) is 24.6 Å². The second-order valence-electron chi connectivity index (χ2n) is 8.35. The Balaban J connectivity index is 1.14. The van der Waals surface area contributed by atoms with Gasteiger partial charge < -0.3 is 24.5 Å². The van der Waals surface area contributed by atoms with E-state index in [0.717, 1.165) is 46.6 Å². The highest BCUT2D eigenvalue weighted by Crippen LogP contribution is 2.31. The van der Waals surface area contributed by atoms with E-state index in [1.54, 1.807) is 18.5 Å². The van der Waals surface area contributed by atoms with Gasteiger partial charge in [0.1, 0.15) is 11.5 Å². The van der Waals surface area contributed by atoms with Crippen LogP contribution in [0, 0.1) is 0 Å². The van der Waals surface area contributed by atoms with Crippen molar-refractivity contribution >= 4 is 34.3 Å². The monoisotopic (exact) mass is 481 g/mol. The normalized spacial score (nSPS) is 13.6. The molecule has 0 saturated carbocycles. The SMILES string of the molecule is O=C(Nc1ccc(-c2cc3c(N4CCOCC4)nccc3[nH]2)cc1)Nc1cc(-c2ccncc2)no1. The Hall–Kier alpha value is -4.70. The summed E-state index contributed by atoms with van der Waals surface area (Å²) in [5.41, 5.74) is 5.12. The first kappa shape index (κ1) is 21.8. The van der Waals surface area contributed by atoms with Gasteiger partial charge in [-0.15, -0.1) is 0 Å². The molecule has 5 aromatic rings. The maximum atomic E-state index is 12.4. The third-order valence-corrected chi connectivity index (χ3v) is 6.01. The van der Waals surface area contributed by atoms with E-state index in [2.05, 4.69) is 41.7 Å². The third kappa shape index (κ3) is 4.49. The summed E-state index contributed by atoms with van der Waals surface area (Å²) >= 11 is 0. The van der Waals surface area contributed by atoms with Crippen molar-refractivity contribution in [1.29, 1.82) is 0 Å². The Morgan fingerprint density at radius 2 is 1.72 bits per heavy atom. The molecule has 0 spiro atoms. The standard InChI is InChI=1S/C26H23N7O3/c34-26(31-24-16-23(32-36-24)18-5-8-27-9-6-18)29-19-3-1-17(2-4-19)22-15-20-21(30-22)7-10-28-25(20)33-11-13-35-14-12-33/h1-10,15-16,30H,11-14H2,(H2,29,31,34). The minimum Gasteiger partial charge on any atom is -0.378 e. The van der Waals surface area contributed by atoms with Gasteiger partial charge in [0.05, 0.1) is 18.7 Å². The molecule has 1 saturated heterocycles. The number of hydrogen-bond donors (Lipinski definition) is 3. The van der Waals surface area contributed by atoms with Crippen molar-refractivity contribution in [1.82, 2.24) is 20.1 Å². The first-order valence-electron chi connectivity index (χ1n) is 11.6. The molecule has 1 aliphatic rings. The summed E-state index contributed by atoms with van der Waals surface area (Å²) in [6, 6.07) is 16.6. The van der Waals surface area contributed by atoms with Crippen LogP contribution in [0.15, 0.2) is 77.7 Å². The van der Waals surface area contributed by atoms with Crippen LogP contribution in [-0.4, -0.2) is 52.4 Å². The van der Waals surface area contributed by atoms with E-state index >= 15 is 0 Å². The number of carbonyl (C=O) groups excluding carboxylic acids is 1. The number of anilines is 3. The number of benzene rings is 1. The number of urea groups is 1. The number of amides is 2. The number of morpholine rings is 1. The van der Waals surface area contributed by atoms with Crippen LogP contribution in [0.4, 0.5) is 22.2 Å². The molecule has 2 amide bonds. The summed E-state index contributed by atoms with van der Waals surface area (Å²) in [7, 11) is 0. The molecular formula is C26H23N7O3. The molecular weight excluding hydrogens is 458 g/mol. The van der Waals surface area contributed by atoms with E-state index < -0.39 is 6.03 Å². The fourth-order valence-electron chi connectivity index (χ4n) is 4.22. The maximum Gasteiger partial charge on any atom is 0.326 e. The van der Waals surface area contributed by atoms with Crippen LogP contribution >= 0.6 is 0 Å². The molecule has 36 heavy (non-hydrogen) atoms. The highest BCUT2D eigenvalue weighted by molar-refractivity contribution is 5.99. The molecule has 0 bridgehead atoms. The molecule has 0 unspecified atom stereocenters. The second kappa shape index (κ2) is 9.51. The average molecular weight is 482 g/mol. The molecule has 10 heteroatoms. The predicted octanol–water partition coefficient (Wildman–Crippen LogP) is 4.76. The number of ether oxygens (including phenoxy) is 1. The van der Waals surface area contributed by atoms with Crippen LogP contribution in [0.5, 0.6) is 0 Å². The fraction of sp³-hybridized carbons (Fsp3) is 0.154. The molecule has 10 nitrogen and oxygen atoms in total. The Kier molecular flexibility index (Phi) is 5.76. The lowest BCUT2D eigenvalue weighted by Crippen LogP contribution is -2.36. The number of aromatic nitrogens is 4. The molecule has 6 rings (SSSR count). The van der Waals surface area contributed by atoms with E-state index in [1.165, 1.54) is 0 Å². The van der Waals surface area contributed by atoms with Gasteiger partial charge in [0.15, 0.2) is 0 Å². The molecule has 4 aromatic heterocycles. The van der Waals surface area contributed by atoms with Crippen molar-refractivity contribution in [3.63, 3.8) is 0 Å². The lowest BCUT2D eigenvalue weighted by molar-refractivity contribution is 0.122. The third-order valence-electron chi connectivity index (χ3n) is 6.01. The zero-order chi connectivity index (χ0) is 24.3. The summed E-state index contributed by atoms with van der Waals surface area (Å²) in [6.45, 7) is 3.07. The number of hydrogen-bond acceptors (Lipinski definition) is 7. The van der Waals surface area contributed by atoms with Gasteiger partial charge in [0, 0.05) is 60.1 Å². The number of rotatable bonds is 5. The first-order chi connectivity index (χ1) is 17.7. The van der Waals surface area contributed by atoms with Gasteiger partial charge in [-0.3, -0.25) is 10.3 Å². The zero-order valence-corrected chi connectivity index (χ0v) is 19.3. The Labute approximate surface area is 206 Å². The fourth-order valence-corrected chi connectivity index (χ4v) is 4.22. The Bertz CT molecular complexity index is 1490. The van der Waals surface area contributed by atoms with Gasteiger partial charge in [-0.1, -0.05) is 17.3 Å². The number of nitrogens with zero attached hydrogens (tertiary/aromatic N) is 4. The summed E-state index contributed by atoms with van der Waals surface area (Å²) in [4.78, 5) is 26.8. The number of nitrogens with one attached hydrogen (secondary N) is 3. The van der Waals surface area contributed by atoms with Crippen molar-refractivity contribution in [2.45, 2.75) is 0 Å². The smallest absolute Gasteiger partial charge is 0.326 e. The van der Waals surface area contributed by atoms with Crippen LogP contribution in [0.1, 0.15) is 0 Å². The molecule has 1 aromatic carbocycles. The highest BCUT2D eigenvalue weighted by Gasteiger charge is 2.17. The van der Waals surface area contributed by atoms with Gasteiger partial charge in [0.2, 0.25) is 5.88 Å². The van der Waals surface area contributed by atoms with Gasteiger partial charge in [-0.25, -0.2) is 9.78 Å². The van der Waals surface area contributed by atoms with Crippen molar-refractivity contribution in [2.24, 2.45) is 0 Å². The van der Waals surface area contributed by atoms with E-state index in [9.17, 15) is 4.79 Å². The van der Waals surface area contributed by atoms with Gasteiger partial charge in [-0.05, 0) is 42.0 Å². The number of pyridine rings is 2. The Morgan fingerprint density at radius 1 is 0.917 bits per heavy atom. The molecule has 1 aliphatic heterocycles. The maximum absolute atomic E-state index is 12.4. The molecule has 180 valence electrons. The molecule has 0 aliphatic carbocycles. The number of H-pyrrole nitrogens is 1. The van der Waals surface area contributed by atoms with Crippen LogP contribution in [-0.2, 0) is 4.74 Å².